The van der Waals surface area contributed by atoms with Crippen LogP contribution < -0.4 is 5.32 Å². The fraction of sp³-hybridized carbons (Fsp3) is 0.250. The molecule has 1 nitrogen and oxygen atoms in total. The van der Waals surface area contributed by atoms with Gasteiger partial charge in [0.25, 0.3) is 0 Å². The van der Waals surface area contributed by atoms with Crippen LogP contribution in [0.3, 0.4) is 0 Å². The summed E-state index contributed by atoms with van der Waals surface area (Å²) in [5, 5.41) is 4.87. The Hall–Kier alpha value is -1.12. The molecule has 3 rings (SSSR count). The molecular formula is C16H16ClNS. The van der Waals surface area contributed by atoms with Crippen LogP contribution in [-0.4, -0.2) is 11.8 Å². The molecule has 1 aliphatic rings. The summed E-state index contributed by atoms with van der Waals surface area (Å²) >= 11 is 8.16. The highest BCUT2D eigenvalue weighted by Crippen LogP contribution is 2.37. The summed E-state index contributed by atoms with van der Waals surface area (Å²) in [7, 11) is 0. The van der Waals surface area contributed by atoms with Crippen LogP contribution in [0.4, 0.5) is 5.69 Å². The summed E-state index contributed by atoms with van der Waals surface area (Å²) in [6.45, 7) is 3.03. The minimum absolute atomic E-state index is 0.592. The standard InChI is InChI=1S/C16H16ClNS/c1-11-6-7-14(17)15(8-11)18-10-13-9-12-4-2-3-5-16(12)19-13/h2-8,13,18H,9-10H2,1H3. The average Bonchev–Trinajstić information content (AvgIpc) is 2.82. The van der Waals surface area contributed by atoms with E-state index in [-0.39, 0.29) is 0 Å². The van der Waals surface area contributed by atoms with Gasteiger partial charge in [0.05, 0.1) is 10.7 Å². The number of benzene rings is 2. The highest BCUT2D eigenvalue weighted by molar-refractivity contribution is 8.00. The average molecular weight is 290 g/mol. The molecule has 0 fully saturated rings. The van der Waals surface area contributed by atoms with Crippen molar-refractivity contribution in [2.75, 3.05) is 11.9 Å². The van der Waals surface area contributed by atoms with Crippen LogP contribution in [0.25, 0.3) is 0 Å². The van der Waals surface area contributed by atoms with Crippen LogP contribution in [0.5, 0.6) is 0 Å². The molecule has 2 aromatic rings. The number of halogens is 1. The van der Waals surface area contributed by atoms with Gasteiger partial charge >= 0.3 is 0 Å². The first-order valence-electron chi connectivity index (χ1n) is 6.47. The van der Waals surface area contributed by atoms with Crippen molar-refractivity contribution in [3.8, 4) is 0 Å². The first-order chi connectivity index (χ1) is 9.22. The molecule has 1 N–H and O–H groups in total. The maximum Gasteiger partial charge on any atom is 0.0637 e. The zero-order valence-electron chi connectivity index (χ0n) is 10.8. The topological polar surface area (TPSA) is 12.0 Å². The summed E-state index contributed by atoms with van der Waals surface area (Å²) < 4.78 is 0. The molecule has 0 spiro atoms. The molecule has 0 saturated heterocycles. The molecule has 2 aromatic carbocycles. The van der Waals surface area contributed by atoms with Gasteiger partial charge in [-0.05, 0) is 42.7 Å². The molecule has 1 heterocycles. The van der Waals surface area contributed by atoms with Crippen LogP contribution >= 0.6 is 23.4 Å². The summed E-state index contributed by atoms with van der Waals surface area (Å²) in [4.78, 5) is 1.42. The molecule has 1 atom stereocenters. The lowest BCUT2D eigenvalue weighted by Gasteiger charge is -2.13. The van der Waals surface area contributed by atoms with Gasteiger partial charge < -0.3 is 5.32 Å². The minimum atomic E-state index is 0.592. The highest BCUT2D eigenvalue weighted by Gasteiger charge is 2.21. The van der Waals surface area contributed by atoms with Gasteiger partial charge in [-0.15, -0.1) is 11.8 Å². The van der Waals surface area contributed by atoms with Gasteiger partial charge in [-0.2, -0.15) is 0 Å². The Kier molecular flexibility index (Phi) is 3.72. The molecule has 0 aromatic heterocycles. The summed E-state index contributed by atoms with van der Waals surface area (Å²) in [6.07, 6.45) is 1.14. The predicted octanol–water partition coefficient (Wildman–Crippen LogP) is 4.78. The van der Waals surface area contributed by atoms with Gasteiger partial charge in [-0.25, -0.2) is 0 Å². The molecule has 1 aliphatic heterocycles. The quantitative estimate of drug-likeness (QED) is 0.873. The van der Waals surface area contributed by atoms with Crippen LogP contribution in [-0.2, 0) is 6.42 Å². The van der Waals surface area contributed by atoms with E-state index in [2.05, 4.69) is 42.6 Å². The zero-order valence-corrected chi connectivity index (χ0v) is 12.4. The van der Waals surface area contributed by atoms with Crippen molar-refractivity contribution in [3.63, 3.8) is 0 Å². The van der Waals surface area contributed by atoms with Gasteiger partial charge in [-0.1, -0.05) is 35.9 Å². The molecule has 0 saturated carbocycles. The lowest BCUT2D eigenvalue weighted by molar-refractivity contribution is 0.899. The Morgan fingerprint density at radius 2 is 2.11 bits per heavy atom. The molecule has 0 amide bonds. The molecule has 0 radical (unpaired) electrons. The third-order valence-corrected chi connectivity index (χ3v) is 5.00. The molecule has 3 heteroatoms. The zero-order chi connectivity index (χ0) is 13.2. The van der Waals surface area contributed by atoms with Crippen molar-refractivity contribution in [1.29, 1.82) is 0 Å². The van der Waals surface area contributed by atoms with Crippen molar-refractivity contribution in [3.05, 3.63) is 58.6 Å². The number of hydrogen-bond acceptors (Lipinski definition) is 2. The minimum Gasteiger partial charge on any atom is -0.383 e. The Balaban J connectivity index is 1.64. The second-order valence-corrected chi connectivity index (χ2v) is 6.67. The van der Waals surface area contributed by atoms with E-state index in [1.54, 1.807) is 0 Å². The van der Waals surface area contributed by atoms with E-state index in [1.807, 2.05) is 23.9 Å². The van der Waals surface area contributed by atoms with Crippen molar-refractivity contribution in [1.82, 2.24) is 0 Å². The van der Waals surface area contributed by atoms with E-state index in [0.717, 1.165) is 23.7 Å². The second-order valence-electron chi connectivity index (χ2n) is 4.92. The molecule has 0 bridgehead atoms. The highest BCUT2D eigenvalue weighted by atomic mass is 35.5. The van der Waals surface area contributed by atoms with E-state index in [0.29, 0.717) is 5.25 Å². The van der Waals surface area contributed by atoms with Crippen LogP contribution in [0.15, 0.2) is 47.4 Å². The first kappa shape index (κ1) is 12.9. The Bertz CT molecular complexity index is 572. The summed E-state index contributed by atoms with van der Waals surface area (Å²) in [5.74, 6) is 0. The fourth-order valence-corrected chi connectivity index (χ4v) is 3.80. The van der Waals surface area contributed by atoms with Crippen molar-refractivity contribution < 1.29 is 0 Å². The third kappa shape index (κ3) is 2.90. The molecular weight excluding hydrogens is 274 g/mol. The second kappa shape index (κ2) is 5.48. The van der Waals surface area contributed by atoms with Gasteiger partial charge in [0.2, 0.25) is 0 Å². The summed E-state index contributed by atoms with van der Waals surface area (Å²) in [5.41, 5.74) is 3.74. The van der Waals surface area contributed by atoms with Gasteiger partial charge in [0.1, 0.15) is 0 Å². The van der Waals surface area contributed by atoms with E-state index >= 15 is 0 Å². The normalized spacial score (nSPS) is 17.3. The number of anilines is 1. The predicted molar refractivity (Wildman–Crippen MR) is 84.5 cm³/mol. The van der Waals surface area contributed by atoms with Crippen LogP contribution in [0, 0.1) is 6.92 Å². The number of hydrogen-bond donors (Lipinski definition) is 1. The monoisotopic (exact) mass is 289 g/mol. The van der Waals surface area contributed by atoms with Crippen molar-refractivity contribution >= 4 is 29.1 Å². The van der Waals surface area contributed by atoms with Crippen LogP contribution in [0.2, 0.25) is 5.02 Å². The van der Waals surface area contributed by atoms with Gasteiger partial charge in [0.15, 0.2) is 0 Å². The number of aryl methyl sites for hydroxylation is 1. The number of rotatable bonds is 3. The smallest absolute Gasteiger partial charge is 0.0637 e. The molecule has 0 aliphatic carbocycles. The third-order valence-electron chi connectivity index (χ3n) is 3.36. The Morgan fingerprint density at radius 3 is 2.95 bits per heavy atom. The number of thioether (sulfide) groups is 1. The fourth-order valence-electron chi connectivity index (χ4n) is 2.37. The molecule has 98 valence electrons. The summed E-state index contributed by atoms with van der Waals surface area (Å²) in [6, 6.07) is 14.8. The first-order valence-corrected chi connectivity index (χ1v) is 7.73. The Morgan fingerprint density at radius 1 is 1.26 bits per heavy atom. The van der Waals surface area contributed by atoms with Crippen LogP contribution in [0.1, 0.15) is 11.1 Å². The largest absolute Gasteiger partial charge is 0.383 e. The van der Waals surface area contributed by atoms with Crippen molar-refractivity contribution in [2.24, 2.45) is 0 Å². The lowest BCUT2D eigenvalue weighted by Crippen LogP contribution is -2.16. The number of fused-ring (bicyclic) bond motifs is 1. The molecule has 1 unspecified atom stereocenters. The lowest BCUT2D eigenvalue weighted by atomic mass is 10.1. The van der Waals surface area contributed by atoms with E-state index in [4.69, 9.17) is 11.6 Å². The van der Waals surface area contributed by atoms with Crippen molar-refractivity contribution in [2.45, 2.75) is 23.5 Å². The van der Waals surface area contributed by atoms with E-state index in [1.165, 1.54) is 16.0 Å². The Labute approximate surface area is 123 Å². The van der Waals surface area contributed by atoms with Gasteiger partial charge in [0, 0.05) is 16.7 Å². The number of nitrogens with one attached hydrogen (secondary N) is 1. The SMILES string of the molecule is Cc1ccc(Cl)c(NCC2Cc3ccccc3S2)c1. The van der Waals surface area contributed by atoms with Gasteiger partial charge in [-0.3, -0.25) is 0 Å². The maximum absolute atomic E-state index is 6.20. The molecule has 19 heavy (non-hydrogen) atoms. The van der Waals surface area contributed by atoms with E-state index < -0.39 is 0 Å². The maximum atomic E-state index is 6.20. The van der Waals surface area contributed by atoms with E-state index in [9.17, 15) is 0 Å².